The minimum atomic E-state index is -0.406. The van der Waals surface area contributed by atoms with Gasteiger partial charge in [0.05, 0.1) is 11.5 Å². The number of rotatable bonds is 5. The third-order valence-corrected chi connectivity index (χ3v) is 4.00. The number of aliphatic hydroxyl groups excluding tert-OH is 1. The molecule has 1 heterocycles. The molecule has 1 unspecified atom stereocenters. The third kappa shape index (κ3) is 2.57. The second kappa shape index (κ2) is 5.36. The number of nitrogens with zero attached hydrogens (tertiary/aromatic N) is 1. The van der Waals surface area contributed by atoms with Gasteiger partial charge in [0.2, 0.25) is 11.8 Å². The number of aliphatic hydroxyl groups is 1. The summed E-state index contributed by atoms with van der Waals surface area (Å²) in [5.41, 5.74) is -0.360. The Kier molecular flexibility index (Phi) is 4.02. The highest BCUT2D eigenvalue weighted by molar-refractivity contribution is 6.06. The lowest BCUT2D eigenvalue weighted by atomic mass is 9.84. The first kappa shape index (κ1) is 13.5. The largest absolute Gasteiger partial charge is 0.392 e. The smallest absolute Gasteiger partial charge is 0.235 e. The van der Waals surface area contributed by atoms with Crippen LogP contribution in [0.2, 0.25) is 0 Å². The lowest BCUT2D eigenvalue weighted by Gasteiger charge is -2.21. The zero-order chi connectivity index (χ0) is 13.2. The molecule has 0 aromatic heterocycles. The molecule has 1 aliphatic heterocycles. The van der Waals surface area contributed by atoms with Gasteiger partial charge in [0.1, 0.15) is 0 Å². The highest BCUT2D eigenvalue weighted by atomic mass is 16.3. The van der Waals surface area contributed by atoms with Gasteiger partial charge in [-0.15, -0.1) is 0 Å². The number of amides is 2. The van der Waals surface area contributed by atoms with Gasteiger partial charge in [-0.25, -0.2) is 0 Å². The van der Waals surface area contributed by atoms with Crippen LogP contribution in [-0.4, -0.2) is 47.6 Å². The molecule has 5 nitrogen and oxygen atoms in total. The second-order valence-electron chi connectivity index (χ2n) is 5.57. The van der Waals surface area contributed by atoms with Crippen molar-refractivity contribution in [2.75, 3.05) is 19.6 Å². The summed E-state index contributed by atoms with van der Waals surface area (Å²) in [4.78, 5) is 25.6. The Labute approximate surface area is 108 Å². The van der Waals surface area contributed by atoms with Crippen LogP contribution in [-0.2, 0) is 9.59 Å². The number of carbonyl (C=O) groups excluding carboxylic acids is 2. The van der Waals surface area contributed by atoms with Gasteiger partial charge in [0.25, 0.3) is 0 Å². The van der Waals surface area contributed by atoms with Crippen molar-refractivity contribution >= 4 is 11.8 Å². The summed E-state index contributed by atoms with van der Waals surface area (Å²) in [6.45, 7) is 3.17. The second-order valence-corrected chi connectivity index (χ2v) is 5.57. The Morgan fingerprint density at radius 3 is 2.67 bits per heavy atom. The molecule has 1 saturated carbocycles. The molecular weight excluding hydrogens is 232 g/mol. The van der Waals surface area contributed by atoms with Gasteiger partial charge >= 0.3 is 0 Å². The van der Waals surface area contributed by atoms with Crippen LogP contribution < -0.4 is 5.32 Å². The molecule has 5 heteroatoms. The SMILES string of the molecule is CC(O)CNCCN1C(=O)CC2(CCCC2)C1=O. The van der Waals surface area contributed by atoms with E-state index in [4.69, 9.17) is 5.11 Å². The highest BCUT2D eigenvalue weighted by Gasteiger charge is 2.52. The van der Waals surface area contributed by atoms with Crippen molar-refractivity contribution in [2.45, 2.75) is 45.1 Å². The van der Waals surface area contributed by atoms with Crippen LogP contribution in [0.25, 0.3) is 0 Å². The van der Waals surface area contributed by atoms with Crippen molar-refractivity contribution in [3.05, 3.63) is 0 Å². The molecule has 2 amide bonds. The lowest BCUT2D eigenvalue weighted by Crippen LogP contribution is -2.40. The van der Waals surface area contributed by atoms with E-state index < -0.39 is 6.10 Å². The highest BCUT2D eigenvalue weighted by Crippen LogP contribution is 2.46. The fourth-order valence-corrected chi connectivity index (χ4v) is 3.03. The molecule has 2 fully saturated rings. The third-order valence-electron chi connectivity index (χ3n) is 4.00. The predicted molar refractivity (Wildman–Crippen MR) is 66.8 cm³/mol. The molecule has 0 aromatic rings. The van der Waals surface area contributed by atoms with Crippen molar-refractivity contribution in [2.24, 2.45) is 5.41 Å². The van der Waals surface area contributed by atoms with E-state index in [0.717, 1.165) is 25.7 Å². The number of nitrogens with one attached hydrogen (secondary N) is 1. The van der Waals surface area contributed by atoms with Gasteiger partial charge in [-0.1, -0.05) is 12.8 Å². The maximum atomic E-state index is 12.3. The molecule has 1 atom stereocenters. The maximum absolute atomic E-state index is 12.3. The Balaban J connectivity index is 1.85. The molecule has 2 aliphatic rings. The topological polar surface area (TPSA) is 69.6 Å². The van der Waals surface area contributed by atoms with Crippen molar-refractivity contribution in [3.63, 3.8) is 0 Å². The quantitative estimate of drug-likeness (QED) is 0.546. The van der Waals surface area contributed by atoms with Gasteiger partial charge in [0, 0.05) is 26.1 Å². The summed E-state index contributed by atoms with van der Waals surface area (Å²) in [6, 6.07) is 0. The standard InChI is InChI=1S/C13H22N2O3/c1-10(16)9-14-6-7-15-11(17)8-13(12(15)18)4-2-3-5-13/h10,14,16H,2-9H2,1H3. The fourth-order valence-electron chi connectivity index (χ4n) is 3.03. The molecule has 18 heavy (non-hydrogen) atoms. The minimum absolute atomic E-state index is 0.0271. The van der Waals surface area contributed by atoms with Gasteiger partial charge in [-0.3, -0.25) is 14.5 Å². The van der Waals surface area contributed by atoms with E-state index >= 15 is 0 Å². The van der Waals surface area contributed by atoms with Gasteiger partial charge < -0.3 is 10.4 Å². The summed E-state index contributed by atoms with van der Waals surface area (Å²) >= 11 is 0. The van der Waals surface area contributed by atoms with Crippen molar-refractivity contribution in [3.8, 4) is 0 Å². The van der Waals surface area contributed by atoms with Gasteiger partial charge in [0.15, 0.2) is 0 Å². The summed E-state index contributed by atoms with van der Waals surface area (Å²) < 4.78 is 0. The summed E-state index contributed by atoms with van der Waals surface area (Å²) in [6.07, 6.45) is 3.86. The molecule has 2 rings (SSSR count). The van der Waals surface area contributed by atoms with Crippen LogP contribution in [0.1, 0.15) is 39.0 Å². The Morgan fingerprint density at radius 2 is 2.06 bits per heavy atom. The van der Waals surface area contributed by atoms with Crippen LogP contribution in [0.4, 0.5) is 0 Å². The molecule has 1 aliphatic carbocycles. The van der Waals surface area contributed by atoms with E-state index in [2.05, 4.69) is 5.32 Å². The average molecular weight is 254 g/mol. The van der Waals surface area contributed by atoms with E-state index in [1.807, 2.05) is 0 Å². The summed E-state index contributed by atoms with van der Waals surface area (Å²) in [5, 5.41) is 12.1. The Morgan fingerprint density at radius 1 is 1.39 bits per heavy atom. The number of hydrogen-bond donors (Lipinski definition) is 2. The van der Waals surface area contributed by atoms with Crippen LogP contribution in [0.3, 0.4) is 0 Å². The normalized spacial score (nSPS) is 24.2. The minimum Gasteiger partial charge on any atom is -0.392 e. The zero-order valence-corrected chi connectivity index (χ0v) is 10.9. The summed E-state index contributed by atoms with van der Waals surface area (Å²) in [5.74, 6) is 0.00425. The van der Waals surface area contributed by atoms with E-state index in [1.54, 1.807) is 6.92 Å². The monoisotopic (exact) mass is 254 g/mol. The Bertz CT molecular complexity index is 335. The Hall–Kier alpha value is -0.940. The first-order valence-electron chi connectivity index (χ1n) is 6.79. The van der Waals surface area contributed by atoms with E-state index in [0.29, 0.717) is 26.1 Å². The van der Waals surface area contributed by atoms with E-state index in [1.165, 1.54) is 4.90 Å². The van der Waals surface area contributed by atoms with E-state index in [-0.39, 0.29) is 17.2 Å². The van der Waals surface area contributed by atoms with Crippen LogP contribution in [0.15, 0.2) is 0 Å². The molecule has 1 saturated heterocycles. The number of likely N-dealkylation sites (tertiary alicyclic amines) is 1. The maximum Gasteiger partial charge on any atom is 0.235 e. The molecule has 0 bridgehead atoms. The molecular formula is C13H22N2O3. The van der Waals surface area contributed by atoms with Gasteiger partial charge in [-0.2, -0.15) is 0 Å². The summed E-state index contributed by atoms with van der Waals surface area (Å²) in [7, 11) is 0. The molecule has 102 valence electrons. The van der Waals surface area contributed by atoms with Crippen molar-refractivity contribution in [1.82, 2.24) is 10.2 Å². The van der Waals surface area contributed by atoms with E-state index in [9.17, 15) is 9.59 Å². The fraction of sp³-hybridized carbons (Fsp3) is 0.846. The molecule has 2 N–H and O–H groups in total. The van der Waals surface area contributed by atoms with Crippen LogP contribution in [0.5, 0.6) is 0 Å². The zero-order valence-electron chi connectivity index (χ0n) is 10.9. The van der Waals surface area contributed by atoms with Crippen LogP contribution >= 0.6 is 0 Å². The van der Waals surface area contributed by atoms with Crippen molar-refractivity contribution in [1.29, 1.82) is 0 Å². The van der Waals surface area contributed by atoms with Crippen molar-refractivity contribution < 1.29 is 14.7 Å². The first-order chi connectivity index (χ1) is 8.55. The van der Waals surface area contributed by atoms with Gasteiger partial charge in [-0.05, 0) is 19.8 Å². The number of imide groups is 1. The first-order valence-corrected chi connectivity index (χ1v) is 6.79. The average Bonchev–Trinajstić information content (AvgIpc) is 2.85. The molecule has 1 spiro atoms. The predicted octanol–water partition coefficient (Wildman–Crippen LogP) is 0.276. The number of carbonyl (C=O) groups is 2. The molecule has 0 aromatic carbocycles. The lowest BCUT2D eigenvalue weighted by molar-refractivity contribution is -0.141. The number of hydrogen-bond acceptors (Lipinski definition) is 4. The molecule has 0 radical (unpaired) electrons. The van der Waals surface area contributed by atoms with Crippen LogP contribution in [0, 0.1) is 5.41 Å².